The van der Waals surface area contributed by atoms with Gasteiger partial charge in [0.05, 0.1) is 4.88 Å². The zero-order chi connectivity index (χ0) is 22.6. The number of nitrogen functional groups attached to an aromatic ring is 1. The largest absolute Gasteiger partial charge is 0.485 e. The number of thiazole rings is 1. The number of piperazine rings is 1. The molecular weight excluding hydrogens is 422 g/mol. The van der Waals surface area contributed by atoms with Crippen LogP contribution in [0.3, 0.4) is 0 Å². The molecule has 1 fully saturated rings. The van der Waals surface area contributed by atoms with Crippen LogP contribution in [0.2, 0.25) is 0 Å². The number of ether oxygens (including phenoxy) is 1. The fraction of sp³-hybridized carbons (Fsp3) is 0.333. The van der Waals surface area contributed by atoms with E-state index in [2.05, 4.69) is 32.0 Å². The van der Waals surface area contributed by atoms with E-state index in [1.807, 2.05) is 36.5 Å². The Hall–Kier alpha value is -3.12. The van der Waals surface area contributed by atoms with Crippen molar-refractivity contribution >= 4 is 22.3 Å². The molecule has 1 aliphatic heterocycles. The van der Waals surface area contributed by atoms with Crippen molar-refractivity contribution in [1.82, 2.24) is 15.3 Å². The molecule has 1 aliphatic rings. The van der Waals surface area contributed by atoms with Crippen LogP contribution in [0.5, 0.6) is 5.75 Å². The Morgan fingerprint density at radius 3 is 2.81 bits per heavy atom. The Morgan fingerprint density at radius 2 is 2.03 bits per heavy atom. The molecule has 7 nitrogen and oxygen atoms in total. The topological polar surface area (TPSA) is 96.5 Å². The van der Waals surface area contributed by atoms with Crippen molar-refractivity contribution in [2.45, 2.75) is 26.1 Å². The lowest BCUT2D eigenvalue weighted by molar-refractivity contribution is 0.143. The molecule has 0 radical (unpaired) electrons. The summed E-state index contributed by atoms with van der Waals surface area (Å²) in [5.74, 6) is 6.69. The monoisotopic (exact) mass is 449 g/mol. The van der Waals surface area contributed by atoms with Gasteiger partial charge in [0.25, 0.3) is 0 Å². The van der Waals surface area contributed by atoms with Crippen molar-refractivity contribution in [3.8, 4) is 28.0 Å². The van der Waals surface area contributed by atoms with Crippen LogP contribution in [0.15, 0.2) is 42.7 Å². The highest BCUT2D eigenvalue weighted by Crippen LogP contribution is 2.34. The molecule has 4 N–H and O–H groups in total. The minimum Gasteiger partial charge on any atom is -0.485 e. The van der Waals surface area contributed by atoms with E-state index >= 15 is 0 Å². The van der Waals surface area contributed by atoms with Gasteiger partial charge in [-0.05, 0) is 37.6 Å². The van der Waals surface area contributed by atoms with Gasteiger partial charge in [-0.3, -0.25) is 0 Å². The Balaban J connectivity index is 1.47. The van der Waals surface area contributed by atoms with Crippen LogP contribution in [0.1, 0.15) is 25.0 Å². The Labute approximate surface area is 192 Å². The molecule has 0 bridgehead atoms. The number of rotatable bonds is 5. The molecule has 0 atom stereocenters. The van der Waals surface area contributed by atoms with Gasteiger partial charge >= 0.3 is 0 Å². The molecule has 0 spiro atoms. The van der Waals surface area contributed by atoms with Gasteiger partial charge in [0.1, 0.15) is 12.2 Å². The van der Waals surface area contributed by atoms with Gasteiger partial charge in [-0.1, -0.05) is 35.3 Å². The van der Waals surface area contributed by atoms with Gasteiger partial charge < -0.3 is 25.8 Å². The normalized spacial score (nSPS) is 14.0. The summed E-state index contributed by atoms with van der Waals surface area (Å²) >= 11 is 1.65. The number of nitrogens with zero attached hydrogens (tertiary/aromatic N) is 3. The highest BCUT2D eigenvalue weighted by molar-refractivity contribution is 7.18. The number of hydrogen-bond donors (Lipinski definition) is 3. The summed E-state index contributed by atoms with van der Waals surface area (Å²) in [6.45, 7) is 7.52. The maximum absolute atomic E-state index is 9.80. The van der Waals surface area contributed by atoms with Gasteiger partial charge in [-0.15, -0.1) is 0 Å². The molecule has 166 valence electrons. The van der Waals surface area contributed by atoms with Gasteiger partial charge in [0.15, 0.2) is 16.7 Å². The molecular formula is C24H27N5O2S. The second-order valence-corrected chi connectivity index (χ2v) is 9.16. The van der Waals surface area contributed by atoms with Crippen LogP contribution < -0.4 is 20.7 Å². The number of hydrogen-bond acceptors (Lipinski definition) is 8. The Bertz CT molecular complexity index is 1140. The first-order chi connectivity index (χ1) is 15.4. The highest BCUT2D eigenvalue weighted by atomic mass is 32.1. The molecule has 0 amide bonds. The smallest absolute Gasteiger partial charge is 0.185 e. The van der Waals surface area contributed by atoms with E-state index in [4.69, 9.17) is 10.5 Å². The van der Waals surface area contributed by atoms with Crippen LogP contribution in [0, 0.1) is 11.8 Å². The molecule has 0 unspecified atom stereocenters. The SMILES string of the molecule is CC(C)(O)C#Cc1cccc(COc2cc(-c3cnc(N4CCNCC4)s3)cnc2N)c1. The summed E-state index contributed by atoms with van der Waals surface area (Å²) < 4.78 is 5.99. The van der Waals surface area contributed by atoms with Crippen LogP contribution >= 0.6 is 11.3 Å². The van der Waals surface area contributed by atoms with E-state index < -0.39 is 5.60 Å². The Kier molecular flexibility index (Phi) is 6.61. The summed E-state index contributed by atoms with van der Waals surface area (Å²) in [6.07, 6.45) is 3.63. The standard InChI is InChI=1S/C24H27N5O2S/c1-24(2,30)7-6-17-4-3-5-18(12-17)16-31-20-13-19(14-27-22(20)25)21-15-28-23(32-21)29-10-8-26-9-11-29/h3-5,12-15,26,30H,8-11,16H2,1-2H3,(H2,25,27). The number of pyridine rings is 1. The van der Waals surface area contributed by atoms with E-state index in [0.29, 0.717) is 18.2 Å². The van der Waals surface area contributed by atoms with E-state index in [-0.39, 0.29) is 0 Å². The zero-order valence-corrected chi connectivity index (χ0v) is 19.1. The quantitative estimate of drug-likeness (QED) is 0.516. The third-order valence-corrected chi connectivity index (χ3v) is 5.99. The number of benzene rings is 1. The lowest BCUT2D eigenvalue weighted by atomic mass is 10.1. The van der Waals surface area contributed by atoms with Gasteiger partial charge in [0, 0.05) is 49.7 Å². The summed E-state index contributed by atoms with van der Waals surface area (Å²) in [5.41, 5.74) is 7.73. The zero-order valence-electron chi connectivity index (χ0n) is 18.3. The molecule has 32 heavy (non-hydrogen) atoms. The van der Waals surface area contributed by atoms with Crippen molar-refractivity contribution in [1.29, 1.82) is 0 Å². The van der Waals surface area contributed by atoms with E-state index in [1.165, 1.54) is 0 Å². The predicted molar refractivity (Wildman–Crippen MR) is 129 cm³/mol. The molecule has 0 saturated carbocycles. The number of nitrogens with two attached hydrogens (primary N) is 1. The molecule has 3 heterocycles. The molecule has 1 saturated heterocycles. The number of anilines is 2. The van der Waals surface area contributed by atoms with Crippen molar-refractivity contribution in [2.24, 2.45) is 0 Å². The van der Waals surface area contributed by atoms with E-state index in [9.17, 15) is 5.11 Å². The minimum atomic E-state index is -1.03. The molecule has 4 rings (SSSR count). The predicted octanol–water partition coefficient (Wildman–Crippen LogP) is 2.90. The molecule has 8 heteroatoms. The number of nitrogens with one attached hydrogen (secondary N) is 1. The van der Waals surface area contributed by atoms with Gasteiger partial charge in [0.2, 0.25) is 0 Å². The summed E-state index contributed by atoms with van der Waals surface area (Å²) in [4.78, 5) is 12.2. The van der Waals surface area contributed by atoms with Gasteiger partial charge in [-0.25, -0.2) is 9.97 Å². The fourth-order valence-corrected chi connectivity index (χ4v) is 4.18. The second kappa shape index (κ2) is 9.57. The van der Waals surface area contributed by atoms with E-state index in [1.54, 1.807) is 31.4 Å². The highest BCUT2D eigenvalue weighted by Gasteiger charge is 2.16. The number of aliphatic hydroxyl groups is 1. The molecule has 2 aromatic heterocycles. The lowest BCUT2D eigenvalue weighted by Gasteiger charge is -2.26. The van der Waals surface area contributed by atoms with Crippen molar-refractivity contribution in [3.63, 3.8) is 0 Å². The maximum atomic E-state index is 9.80. The average Bonchev–Trinajstić information content (AvgIpc) is 3.28. The summed E-state index contributed by atoms with van der Waals surface area (Å²) in [5, 5.41) is 14.2. The second-order valence-electron chi connectivity index (χ2n) is 8.15. The first-order valence-electron chi connectivity index (χ1n) is 10.5. The van der Waals surface area contributed by atoms with Crippen molar-refractivity contribution in [2.75, 3.05) is 36.8 Å². The van der Waals surface area contributed by atoms with Gasteiger partial charge in [-0.2, -0.15) is 0 Å². The molecule has 3 aromatic rings. The fourth-order valence-electron chi connectivity index (χ4n) is 3.23. The third-order valence-electron chi connectivity index (χ3n) is 4.88. The number of aromatic nitrogens is 2. The van der Waals surface area contributed by atoms with Crippen LogP contribution in [0.4, 0.5) is 10.9 Å². The average molecular weight is 450 g/mol. The minimum absolute atomic E-state index is 0.335. The Morgan fingerprint density at radius 1 is 1.22 bits per heavy atom. The first-order valence-corrected chi connectivity index (χ1v) is 11.3. The van der Waals surface area contributed by atoms with Crippen molar-refractivity contribution < 1.29 is 9.84 Å². The van der Waals surface area contributed by atoms with Crippen LogP contribution in [-0.4, -0.2) is 46.9 Å². The summed E-state index contributed by atoms with van der Waals surface area (Å²) in [7, 11) is 0. The maximum Gasteiger partial charge on any atom is 0.185 e. The van der Waals surface area contributed by atoms with Crippen LogP contribution in [-0.2, 0) is 6.61 Å². The first kappa shape index (κ1) is 22.1. The van der Waals surface area contributed by atoms with E-state index in [0.717, 1.165) is 52.9 Å². The molecule has 0 aliphatic carbocycles. The third kappa shape index (κ3) is 5.77. The lowest BCUT2D eigenvalue weighted by Crippen LogP contribution is -2.43. The van der Waals surface area contributed by atoms with Crippen molar-refractivity contribution in [3.05, 3.63) is 53.9 Å². The molecule has 1 aromatic carbocycles. The summed E-state index contributed by atoms with van der Waals surface area (Å²) in [6, 6.07) is 9.63. The van der Waals surface area contributed by atoms with Crippen LogP contribution in [0.25, 0.3) is 10.4 Å².